The van der Waals surface area contributed by atoms with Crippen LogP contribution in [0.5, 0.6) is 0 Å². The minimum Gasteiger partial charge on any atom is -0.387 e. The molecule has 1 fully saturated rings. The normalized spacial score (nSPS) is 14.3. The van der Waals surface area contributed by atoms with Crippen molar-refractivity contribution in [1.29, 1.82) is 0 Å². The fraction of sp³-hybridized carbons (Fsp3) is 0.300. The van der Waals surface area contributed by atoms with Crippen molar-refractivity contribution in [3.8, 4) is 10.8 Å². The molecule has 0 atom stereocenters. The number of carbonyl (C=O) groups is 2. The largest absolute Gasteiger partial charge is 0.437 e. The molecule has 0 bridgehead atoms. The second-order valence-corrected chi connectivity index (χ2v) is 10.1. The summed E-state index contributed by atoms with van der Waals surface area (Å²) in [5, 5.41) is 5.88. The summed E-state index contributed by atoms with van der Waals surface area (Å²) in [6, 6.07) is 9.06. The van der Waals surface area contributed by atoms with Crippen LogP contribution in [0.2, 0.25) is 0 Å². The zero-order chi connectivity index (χ0) is 23.4. The van der Waals surface area contributed by atoms with Gasteiger partial charge < -0.3 is 4.42 Å². The van der Waals surface area contributed by atoms with Crippen molar-refractivity contribution in [2.75, 3.05) is 13.1 Å². The van der Waals surface area contributed by atoms with Crippen LogP contribution in [0.4, 0.5) is 0 Å². The molecule has 33 heavy (non-hydrogen) atoms. The molecule has 1 aromatic carbocycles. The Morgan fingerprint density at radius 1 is 1.09 bits per heavy atom. The van der Waals surface area contributed by atoms with E-state index in [1.54, 1.807) is 12.1 Å². The zero-order valence-electron chi connectivity index (χ0n) is 17.4. The maximum atomic E-state index is 12.5. The third kappa shape index (κ3) is 5.21. The number of nitrogens with one attached hydrogen (secondary N) is 2. The number of carbonyl (C=O) groups excluding carboxylic acids is 2. The first kappa shape index (κ1) is 22.9. The number of amides is 2. The highest BCUT2D eigenvalue weighted by atomic mass is 32.2. The summed E-state index contributed by atoms with van der Waals surface area (Å²) in [6.07, 6.45) is 1.55. The second kappa shape index (κ2) is 9.68. The molecule has 174 valence electrons. The van der Waals surface area contributed by atoms with Crippen molar-refractivity contribution in [3.05, 3.63) is 57.9 Å². The van der Waals surface area contributed by atoms with Crippen LogP contribution in [0, 0.1) is 0 Å². The van der Waals surface area contributed by atoms with Crippen LogP contribution in [0.1, 0.15) is 29.6 Å². The van der Waals surface area contributed by atoms with E-state index in [0.717, 1.165) is 17.5 Å². The fourth-order valence-electron chi connectivity index (χ4n) is 3.27. The molecule has 2 amide bonds. The zero-order valence-corrected chi connectivity index (χ0v) is 19.0. The highest BCUT2D eigenvalue weighted by Gasteiger charge is 2.27. The molecule has 1 aliphatic heterocycles. The predicted octanol–water partition coefficient (Wildman–Crippen LogP) is 1.20. The first-order valence-electron chi connectivity index (χ1n) is 10.2. The molecule has 11 nitrogen and oxygen atoms in total. The SMILES string of the molecule is O=C(CCn1nc(-c2cccs2)oc1=O)NNC(=O)c1ccc(S(=O)(=O)N2CCCC2)cc1. The van der Waals surface area contributed by atoms with Gasteiger partial charge in [0.1, 0.15) is 0 Å². The Kier molecular flexibility index (Phi) is 6.72. The average molecular weight is 492 g/mol. The molecule has 0 aliphatic carbocycles. The Hall–Kier alpha value is -3.29. The molecule has 0 unspecified atom stereocenters. The molecule has 2 aromatic heterocycles. The van der Waals surface area contributed by atoms with E-state index in [-0.39, 0.29) is 29.3 Å². The van der Waals surface area contributed by atoms with Gasteiger partial charge in [0.05, 0.1) is 16.3 Å². The quantitative estimate of drug-likeness (QED) is 0.473. The maximum Gasteiger partial charge on any atom is 0.437 e. The smallest absolute Gasteiger partial charge is 0.387 e. The number of rotatable bonds is 7. The highest BCUT2D eigenvalue weighted by molar-refractivity contribution is 7.89. The fourth-order valence-corrected chi connectivity index (χ4v) is 5.43. The lowest BCUT2D eigenvalue weighted by molar-refractivity contribution is -0.122. The lowest BCUT2D eigenvalue weighted by Crippen LogP contribution is -2.42. The van der Waals surface area contributed by atoms with Gasteiger partial charge in [-0.3, -0.25) is 20.4 Å². The van der Waals surface area contributed by atoms with Gasteiger partial charge in [0.2, 0.25) is 15.9 Å². The third-order valence-electron chi connectivity index (χ3n) is 5.02. The minimum atomic E-state index is -3.57. The Labute approximate surface area is 193 Å². The summed E-state index contributed by atoms with van der Waals surface area (Å²) >= 11 is 1.37. The third-order valence-corrected chi connectivity index (χ3v) is 7.79. The van der Waals surface area contributed by atoms with Gasteiger partial charge in [0, 0.05) is 25.1 Å². The van der Waals surface area contributed by atoms with Crippen LogP contribution >= 0.6 is 11.3 Å². The summed E-state index contributed by atoms with van der Waals surface area (Å²) in [6.45, 7) is 0.956. The Morgan fingerprint density at radius 2 is 1.82 bits per heavy atom. The summed E-state index contributed by atoms with van der Waals surface area (Å²) in [5.41, 5.74) is 4.70. The van der Waals surface area contributed by atoms with E-state index in [1.165, 1.54) is 39.9 Å². The van der Waals surface area contributed by atoms with Crippen LogP contribution in [0.15, 0.2) is 55.9 Å². The topological polar surface area (TPSA) is 144 Å². The van der Waals surface area contributed by atoms with Crippen molar-refractivity contribution in [2.24, 2.45) is 0 Å². The minimum absolute atomic E-state index is 0.0293. The van der Waals surface area contributed by atoms with Gasteiger partial charge in [-0.2, -0.15) is 8.99 Å². The molecule has 13 heteroatoms. The van der Waals surface area contributed by atoms with Gasteiger partial charge in [0.15, 0.2) is 0 Å². The number of sulfonamides is 1. The van der Waals surface area contributed by atoms with Gasteiger partial charge in [-0.05, 0) is 48.6 Å². The molecular formula is C20H21N5O6S2. The van der Waals surface area contributed by atoms with E-state index in [1.807, 2.05) is 5.38 Å². The van der Waals surface area contributed by atoms with Gasteiger partial charge in [0.25, 0.3) is 11.8 Å². The molecule has 0 spiro atoms. The van der Waals surface area contributed by atoms with Crippen molar-refractivity contribution < 1.29 is 22.4 Å². The number of hydrogen-bond acceptors (Lipinski definition) is 8. The molecule has 4 rings (SSSR count). The van der Waals surface area contributed by atoms with Gasteiger partial charge in [-0.15, -0.1) is 16.4 Å². The van der Waals surface area contributed by atoms with E-state index in [9.17, 15) is 22.8 Å². The van der Waals surface area contributed by atoms with Crippen molar-refractivity contribution in [3.63, 3.8) is 0 Å². The van der Waals surface area contributed by atoms with Gasteiger partial charge >= 0.3 is 5.76 Å². The number of benzene rings is 1. The number of aryl methyl sites for hydroxylation is 1. The average Bonchev–Trinajstić information content (AvgIpc) is 3.58. The molecular weight excluding hydrogens is 470 g/mol. The lowest BCUT2D eigenvalue weighted by atomic mass is 10.2. The molecule has 1 aliphatic rings. The van der Waals surface area contributed by atoms with Gasteiger partial charge in [-0.1, -0.05) is 6.07 Å². The van der Waals surface area contributed by atoms with Gasteiger partial charge in [-0.25, -0.2) is 13.2 Å². The lowest BCUT2D eigenvalue weighted by Gasteiger charge is -2.15. The number of aromatic nitrogens is 2. The summed E-state index contributed by atoms with van der Waals surface area (Å²) < 4.78 is 32.6. The highest BCUT2D eigenvalue weighted by Crippen LogP contribution is 2.22. The molecule has 3 heterocycles. The van der Waals surface area contributed by atoms with E-state index in [0.29, 0.717) is 18.0 Å². The van der Waals surface area contributed by atoms with Crippen molar-refractivity contribution >= 4 is 33.2 Å². The number of nitrogens with zero attached hydrogens (tertiary/aromatic N) is 3. The van der Waals surface area contributed by atoms with E-state index < -0.39 is 27.6 Å². The molecule has 3 aromatic rings. The predicted molar refractivity (Wildman–Crippen MR) is 119 cm³/mol. The second-order valence-electron chi connectivity index (χ2n) is 7.26. The molecule has 2 N–H and O–H groups in total. The summed E-state index contributed by atoms with van der Waals surface area (Å²) in [7, 11) is -3.57. The van der Waals surface area contributed by atoms with E-state index >= 15 is 0 Å². The first-order chi connectivity index (χ1) is 15.8. The standard InChI is InChI=1S/C20H21N5O6S2/c26-17(9-12-25-20(28)31-19(23-25)16-4-3-13-32-16)21-22-18(27)14-5-7-15(8-6-14)33(29,30)24-10-1-2-11-24/h3-8,13H,1-2,9-12H2,(H,21,26)(H,22,27). The van der Waals surface area contributed by atoms with Crippen LogP contribution in [-0.2, 0) is 21.4 Å². The molecule has 0 saturated carbocycles. The Balaban J connectivity index is 1.28. The Morgan fingerprint density at radius 3 is 2.48 bits per heavy atom. The monoisotopic (exact) mass is 491 g/mol. The number of hydrogen-bond donors (Lipinski definition) is 2. The van der Waals surface area contributed by atoms with Crippen LogP contribution in [-0.4, -0.2) is 47.4 Å². The Bertz CT molecular complexity index is 1290. The number of thiophene rings is 1. The maximum absolute atomic E-state index is 12.5. The van der Waals surface area contributed by atoms with Crippen molar-refractivity contribution in [2.45, 2.75) is 30.7 Å². The van der Waals surface area contributed by atoms with E-state index in [4.69, 9.17) is 4.42 Å². The first-order valence-corrected chi connectivity index (χ1v) is 12.5. The summed E-state index contributed by atoms with van der Waals surface area (Å²) in [5.74, 6) is -1.64. The van der Waals surface area contributed by atoms with E-state index in [2.05, 4.69) is 16.0 Å². The van der Waals surface area contributed by atoms with Crippen LogP contribution in [0.3, 0.4) is 0 Å². The molecule has 1 saturated heterocycles. The molecule has 0 radical (unpaired) electrons. The summed E-state index contributed by atoms with van der Waals surface area (Å²) in [4.78, 5) is 37.0. The van der Waals surface area contributed by atoms with Crippen LogP contribution < -0.4 is 16.6 Å². The van der Waals surface area contributed by atoms with Crippen LogP contribution in [0.25, 0.3) is 10.8 Å². The van der Waals surface area contributed by atoms with Crippen molar-refractivity contribution in [1.82, 2.24) is 24.9 Å². The number of hydrazine groups is 1.